The van der Waals surface area contributed by atoms with Crippen LogP contribution in [0.4, 0.5) is 0 Å². The Balaban J connectivity index is 2.28. The first kappa shape index (κ1) is 12.9. The minimum absolute atomic E-state index is 0.259. The molecule has 1 N–H and O–H groups in total. The molecule has 1 heterocycles. The largest absolute Gasteiger partial charge is 0.480 e. The summed E-state index contributed by atoms with van der Waals surface area (Å²) < 4.78 is 0. The molecular formula is C13H14ClNO3. The van der Waals surface area contributed by atoms with E-state index in [0.29, 0.717) is 23.6 Å². The topological polar surface area (TPSA) is 57.6 Å². The molecule has 0 aromatic heterocycles. The molecule has 0 spiro atoms. The van der Waals surface area contributed by atoms with E-state index in [4.69, 9.17) is 16.7 Å². The zero-order chi connectivity index (χ0) is 13.3. The molecule has 1 atom stereocenters. The number of aryl methyl sites for hydroxylation is 1. The first-order chi connectivity index (χ1) is 8.49. The van der Waals surface area contributed by atoms with E-state index in [0.717, 1.165) is 12.0 Å². The molecule has 1 fully saturated rings. The number of carbonyl (C=O) groups excluding carboxylic acids is 1. The predicted molar refractivity (Wildman–Crippen MR) is 67.9 cm³/mol. The molecule has 0 unspecified atom stereocenters. The summed E-state index contributed by atoms with van der Waals surface area (Å²) in [6.45, 7) is 2.34. The maximum Gasteiger partial charge on any atom is 0.326 e. The van der Waals surface area contributed by atoms with Crippen LogP contribution in [0.25, 0.3) is 0 Å². The molecule has 18 heavy (non-hydrogen) atoms. The van der Waals surface area contributed by atoms with E-state index in [9.17, 15) is 9.59 Å². The third-order valence-corrected chi connectivity index (χ3v) is 3.31. The van der Waals surface area contributed by atoms with Gasteiger partial charge in [-0.15, -0.1) is 0 Å². The summed E-state index contributed by atoms with van der Waals surface area (Å²) in [5.74, 6) is -1.20. The van der Waals surface area contributed by atoms with Crippen LogP contribution in [0.2, 0.25) is 5.02 Å². The number of rotatable bonds is 2. The van der Waals surface area contributed by atoms with Gasteiger partial charge in [0.2, 0.25) is 0 Å². The number of benzene rings is 1. The molecule has 1 amide bonds. The Morgan fingerprint density at radius 3 is 2.72 bits per heavy atom. The molecule has 1 aromatic rings. The molecule has 0 radical (unpaired) electrons. The molecule has 1 aliphatic heterocycles. The zero-order valence-electron chi connectivity index (χ0n) is 10.0. The van der Waals surface area contributed by atoms with Crippen molar-refractivity contribution in [3.8, 4) is 0 Å². The zero-order valence-corrected chi connectivity index (χ0v) is 10.8. The van der Waals surface area contributed by atoms with Crippen LogP contribution >= 0.6 is 11.6 Å². The van der Waals surface area contributed by atoms with E-state index in [-0.39, 0.29) is 5.91 Å². The lowest BCUT2D eigenvalue weighted by Crippen LogP contribution is -2.40. The number of carboxylic acids is 1. The van der Waals surface area contributed by atoms with Gasteiger partial charge in [-0.25, -0.2) is 4.79 Å². The van der Waals surface area contributed by atoms with Gasteiger partial charge in [0.25, 0.3) is 5.91 Å². The molecule has 0 bridgehead atoms. The van der Waals surface area contributed by atoms with E-state index in [1.807, 2.05) is 6.92 Å². The third-order valence-electron chi connectivity index (χ3n) is 3.09. The Bertz CT molecular complexity index is 481. The normalized spacial score (nSPS) is 19.0. The Morgan fingerprint density at radius 2 is 2.11 bits per heavy atom. The van der Waals surface area contributed by atoms with Gasteiger partial charge in [-0.1, -0.05) is 11.6 Å². The summed E-state index contributed by atoms with van der Waals surface area (Å²) >= 11 is 5.91. The number of aliphatic carboxylic acids is 1. The number of carboxylic acid groups (broad SMARTS) is 1. The molecule has 0 aliphatic carbocycles. The average Bonchev–Trinajstić information content (AvgIpc) is 2.75. The Kier molecular flexibility index (Phi) is 3.57. The third kappa shape index (κ3) is 2.48. The lowest BCUT2D eigenvalue weighted by atomic mass is 10.1. The van der Waals surface area contributed by atoms with Crippen molar-refractivity contribution in [2.24, 2.45) is 0 Å². The van der Waals surface area contributed by atoms with Gasteiger partial charge < -0.3 is 10.0 Å². The van der Waals surface area contributed by atoms with Crippen molar-refractivity contribution in [3.05, 3.63) is 34.3 Å². The first-order valence-electron chi connectivity index (χ1n) is 5.80. The van der Waals surface area contributed by atoms with Gasteiger partial charge in [-0.3, -0.25) is 4.79 Å². The second-order valence-electron chi connectivity index (χ2n) is 4.51. The van der Waals surface area contributed by atoms with E-state index < -0.39 is 12.0 Å². The van der Waals surface area contributed by atoms with Gasteiger partial charge in [-0.2, -0.15) is 0 Å². The molecule has 1 saturated heterocycles. The SMILES string of the molecule is Cc1cc(Cl)cc(C(=O)N2CCC[C@@H]2C(=O)O)c1. The number of hydrogen-bond donors (Lipinski definition) is 1. The van der Waals surface area contributed by atoms with Crippen LogP contribution in [-0.4, -0.2) is 34.5 Å². The summed E-state index contributed by atoms with van der Waals surface area (Å²) in [4.78, 5) is 24.7. The Labute approximate surface area is 110 Å². The van der Waals surface area contributed by atoms with Crippen LogP contribution in [0.3, 0.4) is 0 Å². The fourth-order valence-corrected chi connectivity index (χ4v) is 2.58. The van der Waals surface area contributed by atoms with Gasteiger partial charge in [0.1, 0.15) is 6.04 Å². The van der Waals surface area contributed by atoms with Gasteiger partial charge in [0, 0.05) is 17.1 Å². The van der Waals surface area contributed by atoms with Crippen molar-refractivity contribution in [3.63, 3.8) is 0 Å². The minimum atomic E-state index is -0.945. The summed E-state index contributed by atoms with van der Waals surface area (Å²) in [6, 6.07) is 4.35. The van der Waals surface area contributed by atoms with Crippen LogP contribution in [0.1, 0.15) is 28.8 Å². The summed E-state index contributed by atoms with van der Waals surface area (Å²) in [5.41, 5.74) is 1.34. The van der Waals surface area contributed by atoms with Crippen LogP contribution in [0.5, 0.6) is 0 Å². The fraction of sp³-hybridized carbons (Fsp3) is 0.385. The predicted octanol–water partition coefficient (Wildman–Crippen LogP) is 2.34. The Morgan fingerprint density at radius 1 is 1.39 bits per heavy atom. The number of carbonyl (C=O) groups is 2. The Hall–Kier alpha value is -1.55. The van der Waals surface area contributed by atoms with Crippen LogP contribution in [-0.2, 0) is 4.79 Å². The molecular weight excluding hydrogens is 254 g/mol. The molecule has 2 rings (SSSR count). The highest BCUT2D eigenvalue weighted by Crippen LogP contribution is 2.22. The maximum absolute atomic E-state index is 12.3. The highest BCUT2D eigenvalue weighted by molar-refractivity contribution is 6.31. The maximum atomic E-state index is 12.3. The smallest absolute Gasteiger partial charge is 0.326 e. The number of hydrogen-bond acceptors (Lipinski definition) is 2. The van der Waals surface area contributed by atoms with Crippen molar-refractivity contribution in [1.29, 1.82) is 0 Å². The molecule has 1 aliphatic rings. The average molecular weight is 268 g/mol. The molecule has 1 aromatic carbocycles. The standard InChI is InChI=1S/C13H14ClNO3/c1-8-5-9(7-10(14)6-8)12(16)15-4-2-3-11(15)13(17)18/h5-7,11H,2-4H2,1H3,(H,17,18)/t11-/m1/s1. The van der Waals surface area contributed by atoms with E-state index in [1.54, 1.807) is 18.2 Å². The molecule has 4 nitrogen and oxygen atoms in total. The van der Waals surface area contributed by atoms with E-state index in [2.05, 4.69) is 0 Å². The molecule has 96 valence electrons. The van der Waals surface area contributed by atoms with Crippen molar-refractivity contribution in [2.75, 3.05) is 6.54 Å². The van der Waals surface area contributed by atoms with Crippen molar-refractivity contribution in [1.82, 2.24) is 4.90 Å². The number of amides is 1. The van der Waals surface area contributed by atoms with Gasteiger partial charge in [0.15, 0.2) is 0 Å². The number of likely N-dealkylation sites (tertiary alicyclic amines) is 1. The minimum Gasteiger partial charge on any atom is -0.480 e. The fourth-order valence-electron chi connectivity index (χ4n) is 2.29. The summed E-state index contributed by atoms with van der Waals surface area (Å²) in [7, 11) is 0. The van der Waals surface area contributed by atoms with E-state index >= 15 is 0 Å². The summed E-state index contributed by atoms with van der Waals surface area (Å²) in [5, 5.41) is 9.56. The second kappa shape index (κ2) is 4.98. The molecule has 5 heteroatoms. The van der Waals surface area contributed by atoms with Crippen LogP contribution in [0, 0.1) is 6.92 Å². The monoisotopic (exact) mass is 267 g/mol. The van der Waals surface area contributed by atoms with Gasteiger partial charge in [0.05, 0.1) is 0 Å². The quantitative estimate of drug-likeness (QED) is 0.895. The van der Waals surface area contributed by atoms with Crippen LogP contribution < -0.4 is 0 Å². The highest BCUT2D eigenvalue weighted by Gasteiger charge is 2.34. The number of halogens is 1. The lowest BCUT2D eigenvalue weighted by molar-refractivity contribution is -0.141. The van der Waals surface area contributed by atoms with Crippen molar-refractivity contribution < 1.29 is 14.7 Å². The van der Waals surface area contributed by atoms with E-state index in [1.165, 1.54) is 4.90 Å². The highest BCUT2D eigenvalue weighted by atomic mass is 35.5. The second-order valence-corrected chi connectivity index (χ2v) is 4.95. The number of nitrogens with zero attached hydrogens (tertiary/aromatic N) is 1. The van der Waals surface area contributed by atoms with Gasteiger partial charge in [-0.05, 0) is 43.5 Å². The molecule has 0 saturated carbocycles. The lowest BCUT2D eigenvalue weighted by Gasteiger charge is -2.21. The van der Waals surface area contributed by atoms with Gasteiger partial charge >= 0.3 is 5.97 Å². The van der Waals surface area contributed by atoms with Crippen molar-refractivity contribution >= 4 is 23.5 Å². The summed E-state index contributed by atoms with van der Waals surface area (Å²) in [6.07, 6.45) is 1.24. The van der Waals surface area contributed by atoms with Crippen LogP contribution in [0.15, 0.2) is 18.2 Å². The first-order valence-corrected chi connectivity index (χ1v) is 6.18. The van der Waals surface area contributed by atoms with Crippen molar-refractivity contribution in [2.45, 2.75) is 25.8 Å².